The molecule has 0 saturated carbocycles. The van der Waals surface area contributed by atoms with Crippen molar-refractivity contribution in [2.24, 2.45) is 0 Å². The number of fused-ring (bicyclic) bond motifs is 5. The van der Waals surface area contributed by atoms with Crippen molar-refractivity contribution in [2.75, 3.05) is 33.7 Å². The van der Waals surface area contributed by atoms with Crippen LogP contribution in [-0.2, 0) is 44.6 Å². The van der Waals surface area contributed by atoms with Crippen LogP contribution in [0.3, 0.4) is 0 Å². The molecule has 0 aliphatic rings. The Labute approximate surface area is 789 Å². The summed E-state index contributed by atoms with van der Waals surface area (Å²) < 4.78 is 24.9. The predicted octanol–water partition coefficient (Wildman–Crippen LogP) is 18.7. The second-order valence-corrected chi connectivity index (χ2v) is 34.6. The van der Waals surface area contributed by atoms with E-state index in [-0.39, 0.29) is 39.0 Å². The van der Waals surface area contributed by atoms with Gasteiger partial charge in [0.05, 0.1) is 73.2 Å². The van der Waals surface area contributed by atoms with Crippen molar-refractivity contribution in [1.82, 2.24) is 97.9 Å². The number of H-pyrrole nitrogens is 5. The summed E-state index contributed by atoms with van der Waals surface area (Å²) in [5.41, 5.74) is 16.9. The number of hydrogen-bond acceptors (Lipinski definition) is 22. The van der Waals surface area contributed by atoms with Crippen LogP contribution in [0, 0.1) is 33.5 Å². The molecule has 0 unspecified atom stereocenters. The minimum absolute atomic E-state index is 0.0668. The van der Waals surface area contributed by atoms with Gasteiger partial charge in [-0.1, -0.05) is 160 Å². The van der Waals surface area contributed by atoms with Crippen LogP contribution in [-0.4, -0.2) is 105 Å². The lowest BCUT2D eigenvalue weighted by atomic mass is 9.87. The third kappa shape index (κ3) is 22.8. The highest BCUT2D eigenvalue weighted by Gasteiger charge is 2.20. The lowest BCUT2D eigenvalue weighted by Gasteiger charge is -2.18. The molecule has 0 radical (unpaired) electrons. The molecule has 10 N–H and O–H groups in total. The van der Waals surface area contributed by atoms with Gasteiger partial charge in [0.1, 0.15) is 11.6 Å². The third-order valence-electron chi connectivity index (χ3n) is 21.7. The second kappa shape index (κ2) is 41.2. The van der Waals surface area contributed by atoms with Gasteiger partial charge in [-0.15, -0.1) is 11.3 Å². The van der Waals surface area contributed by atoms with E-state index in [1.165, 1.54) is 87.3 Å². The summed E-state index contributed by atoms with van der Waals surface area (Å²) in [6.07, 6.45) is 1.01. The van der Waals surface area contributed by atoms with E-state index in [0.29, 0.717) is 134 Å². The molecule has 11 aromatic heterocycles. The highest BCUT2D eigenvalue weighted by Crippen LogP contribution is 2.30. The Morgan fingerprint density at radius 1 is 0.370 bits per heavy atom. The van der Waals surface area contributed by atoms with Crippen molar-refractivity contribution in [3.05, 3.63) is 389 Å². The number of thiophene rings is 1. The molecule has 20 rings (SSSR count). The van der Waals surface area contributed by atoms with Gasteiger partial charge in [0, 0.05) is 96.1 Å². The summed E-state index contributed by atoms with van der Waals surface area (Å²) in [6, 6.07) is 75.5. The van der Waals surface area contributed by atoms with Crippen LogP contribution in [0.25, 0.3) is 85.1 Å². The van der Waals surface area contributed by atoms with Gasteiger partial charge in [0.15, 0.2) is 29.1 Å². The van der Waals surface area contributed by atoms with E-state index in [9.17, 15) is 28.4 Å². The number of halogens is 4. The van der Waals surface area contributed by atoms with E-state index in [4.69, 9.17) is 39.5 Å². The van der Waals surface area contributed by atoms with Crippen molar-refractivity contribution in [3.8, 4) is 62.0 Å². The smallest absolute Gasteiger partial charge is 0.274 e. The highest BCUT2D eigenvalue weighted by atomic mass is 35.5. The molecule has 0 amide bonds. The number of ether oxygens (including phenoxy) is 1. The Kier molecular flexibility index (Phi) is 28.2. The van der Waals surface area contributed by atoms with Crippen LogP contribution < -0.4 is 59.1 Å². The topological polar surface area (TPSA) is 385 Å². The summed E-state index contributed by atoms with van der Waals surface area (Å²) >= 11 is 19.7. The van der Waals surface area contributed by atoms with Gasteiger partial charge in [-0.3, -0.25) is 49.5 Å². The quantitative estimate of drug-likeness (QED) is 0.0301. The first-order valence-corrected chi connectivity index (χ1v) is 44.8. The summed E-state index contributed by atoms with van der Waals surface area (Å²) in [5, 5.41) is 35.2. The minimum atomic E-state index is -0.298. The molecule has 0 aliphatic heterocycles. The molecule has 0 aliphatic carbocycles. The number of hydrogen-bond donors (Lipinski definition) is 10. The molecule has 31 nitrogen and oxygen atoms in total. The lowest BCUT2D eigenvalue weighted by molar-refractivity contribution is 0.415. The first-order chi connectivity index (χ1) is 65.2. The second-order valence-electron chi connectivity index (χ2n) is 32.4. The highest BCUT2D eigenvalue weighted by molar-refractivity contribution is 7.13. The Morgan fingerprint density at radius 2 is 0.763 bits per heavy atom. The Morgan fingerprint density at radius 3 is 1.19 bits per heavy atom. The third-order valence-corrected chi connectivity index (χ3v) is 23.7. The summed E-state index contributed by atoms with van der Waals surface area (Å²) in [7, 11) is 1.61. The average molecular weight is 1880 g/mol. The Bertz CT molecular complexity index is 7930. The van der Waals surface area contributed by atoms with Gasteiger partial charge in [-0.2, -0.15) is 47.5 Å². The number of aryl methyl sites for hydroxylation is 4. The average Bonchev–Trinajstić information content (AvgIpc) is 1.66. The van der Waals surface area contributed by atoms with Gasteiger partial charge < -0.3 is 31.3 Å². The number of aromatic nitrogens is 20. The number of benzene rings is 9. The SMILES string of the molecule is CC(C)(C)c1ccc(-c2nc3nc(CNc4ccc(F)cc4)cc(=O)n3[nH]2)cc1.CCc1ccc(NCc2cc(=O)n3[nH]c(-c4ccccc4)nc3n2)cc1.COc1ccc(-c2nc3nc(CNc4ccc(Cl)cc4)cc(=O)n3[nH]2)cc1.Cc1ccc(-c2nc3nc(CNc4cccc(Cl)c4C)cc(=O)n3[nH]2)cc1C.Cc1ccc(NCc2cc(=O)n3[nH]c(-c4cccs4)nc3n2)cc1Cl. The van der Waals surface area contributed by atoms with E-state index >= 15 is 0 Å². The van der Waals surface area contributed by atoms with Crippen molar-refractivity contribution in [3.63, 3.8) is 0 Å². The van der Waals surface area contributed by atoms with E-state index in [1.54, 1.807) is 42.7 Å². The molecule has 0 bridgehead atoms. The molecular weight excluding hydrogens is 1790 g/mol. The standard InChI is InChI=1S/C22H22FN5O.C21H20ClN5O.C20H19N5O.C19H16ClN5O2.C17H14ClN5OS/c1-22(2,3)15-6-4-14(5-7-15)20-26-21-25-18(12-19(29)28(21)27-20)13-24-17-10-8-16(23)9-11-17;1-12-7-8-15(9-13(12)2)20-25-21-24-16(10-19(28)27(21)26-20)11-23-18-6-4-5-17(22)14(18)3;1-2-14-8-10-16(11-9-14)21-13-17-12-18(26)25-20(22-17)23-19(24-25)15-6-4-3-5-7-15;1-27-16-8-2-12(3-9-16)18-23-19-22-15(10-17(26)25(19)24-18)11-21-14-6-4-13(20)5-7-14;1-10-4-5-11(7-13(10)18)19-9-12-8-15(24)23-17(20-12)21-16(22-23)14-3-2-6-25-14/h4-12,24H,13H2,1-3H3,(H,25,26,27);4-10,23H,11H2,1-3H3,(H,24,25,26);3-12,21H,2,13H2,1H3,(H,22,23,24);2-10,21H,11H2,1H3,(H,22,23,24);2-8,19H,9H2,1H3,(H,20,21,22). The number of methoxy groups -OCH3 is 1. The van der Waals surface area contributed by atoms with Crippen LogP contribution >= 0.6 is 46.1 Å². The van der Waals surface area contributed by atoms with Crippen molar-refractivity contribution >= 4 is 103 Å². The van der Waals surface area contributed by atoms with Crippen molar-refractivity contribution < 1.29 is 9.13 Å². The molecule has 11 heterocycles. The monoisotopic (exact) mass is 1880 g/mol. The number of anilines is 5. The van der Waals surface area contributed by atoms with E-state index in [1.807, 2.05) is 184 Å². The molecule has 0 saturated heterocycles. The molecular formula is C99H91Cl3FN25O6S. The fraction of sp³-hybridized carbons (Fsp3) is 0.162. The van der Waals surface area contributed by atoms with Gasteiger partial charge in [-0.25, -0.2) is 29.3 Å². The lowest BCUT2D eigenvalue weighted by Crippen LogP contribution is -2.17. The van der Waals surface area contributed by atoms with E-state index in [0.717, 1.165) is 78.9 Å². The maximum Gasteiger partial charge on any atom is 0.274 e. The minimum Gasteiger partial charge on any atom is -0.497 e. The summed E-state index contributed by atoms with van der Waals surface area (Å²) in [5.74, 6) is 5.17. The van der Waals surface area contributed by atoms with Crippen molar-refractivity contribution in [1.29, 1.82) is 0 Å². The summed E-state index contributed by atoms with van der Waals surface area (Å²) in [4.78, 5) is 108. The molecule has 682 valence electrons. The van der Waals surface area contributed by atoms with E-state index in [2.05, 4.69) is 161 Å². The zero-order valence-electron chi connectivity index (χ0n) is 74.6. The molecule has 20 aromatic rings. The van der Waals surface area contributed by atoms with Crippen LogP contribution in [0.15, 0.2) is 278 Å². The van der Waals surface area contributed by atoms with E-state index < -0.39 is 0 Å². The first kappa shape index (κ1) is 92.3. The molecule has 36 heteroatoms. The molecule has 135 heavy (non-hydrogen) atoms. The fourth-order valence-electron chi connectivity index (χ4n) is 13.9. The number of nitrogens with zero attached hydrogens (tertiary/aromatic N) is 15. The molecule has 0 atom stereocenters. The van der Waals surface area contributed by atoms with Crippen LogP contribution in [0.1, 0.15) is 89.5 Å². The first-order valence-electron chi connectivity index (χ1n) is 42.8. The van der Waals surface area contributed by atoms with Crippen LogP contribution in [0.4, 0.5) is 32.8 Å². The van der Waals surface area contributed by atoms with Gasteiger partial charge in [0.25, 0.3) is 56.7 Å². The Balaban J connectivity index is 0.000000123. The molecule has 0 spiro atoms. The largest absolute Gasteiger partial charge is 0.497 e. The van der Waals surface area contributed by atoms with Crippen molar-refractivity contribution in [2.45, 2.75) is 99.9 Å². The molecule has 9 aromatic carbocycles. The number of aromatic amines is 5. The summed E-state index contributed by atoms with van der Waals surface area (Å²) in [6.45, 7) is 18.6. The Hall–Kier alpha value is -16.0. The number of rotatable bonds is 22. The van der Waals surface area contributed by atoms with Crippen LogP contribution in [0.2, 0.25) is 15.1 Å². The van der Waals surface area contributed by atoms with Gasteiger partial charge >= 0.3 is 0 Å². The van der Waals surface area contributed by atoms with Gasteiger partial charge in [0.2, 0.25) is 0 Å². The zero-order valence-corrected chi connectivity index (χ0v) is 77.7. The maximum absolute atomic E-state index is 13.0. The normalized spacial score (nSPS) is 11.2. The predicted molar refractivity (Wildman–Crippen MR) is 531 cm³/mol. The molecule has 0 fully saturated rings. The zero-order chi connectivity index (χ0) is 94.6. The maximum atomic E-state index is 13.0. The van der Waals surface area contributed by atoms with Crippen LogP contribution in [0.5, 0.6) is 5.75 Å². The fourth-order valence-corrected chi connectivity index (χ4v) is 15.1. The number of nitrogens with one attached hydrogen (secondary N) is 10. The van der Waals surface area contributed by atoms with Gasteiger partial charge in [-0.05, 0) is 200 Å².